The zero-order valence-electron chi connectivity index (χ0n) is 12.8. The zero-order valence-corrected chi connectivity index (χ0v) is 13.6. The van der Waals surface area contributed by atoms with Gasteiger partial charge >= 0.3 is 0 Å². The van der Waals surface area contributed by atoms with Gasteiger partial charge in [0.05, 0.1) is 4.90 Å². The highest BCUT2D eigenvalue weighted by atomic mass is 32.2. The van der Waals surface area contributed by atoms with Gasteiger partial charge in [-0.1, -0.05) is 0 Å². The molecule has 4 nitrogen and oxygen atoms in total. The fraction of sp³-hybridized carbons (Fsp3) is 0.625. The molecule has 0 aromatic heterocycles. The van der Waals surface area contributed by atoms with Crippen LogP contribution in [0.4, 0.5) is 5.69 Å². The van der Waals surface area contributed by atoms with Crippen molar-refractivity contribution in [3.8, 4) is 0 Å². The summed E-state index contributed by atoms with van der Waals surface area (Å²) in [5, 5.41) is 0. The third-order valence-electron chi connectivity index (χ3n) is 4.40. The quantitative estimate of drug-likeness (QED) is 0.822. The van der Waals surface area contributed by atoms with Crippen LogP contribution in [0.1, 0.15) is 36.8 Å². The molecule has 3 rings (SSSR count). The van der Waals surface area contributed by atoms with Gasteiger partial charge in [-0.05, 0) is 74.6 Å². The third kappa shape index (κ3) is 3.24. The lowest BCUT2D eigenvalue weighted by Gasteiger charge is -2.24. The fourth-order valence-electron chi connectivity index (χ4n) is 2.97. The van der Waals surface area contributed by atoms with Gasteiger partial charge in [0.1, 0.15) is 0 Å². The zero-order chi connectivity index (χ0) is 15.2. The van der Waals surface area contributed by atoms with Crippen molar-refractivity contribution >= 4 is 15.7 Å². The lowest BCUT2D eigenvalue weighted by molar-refractivity contribution is 0.381. The molecular formula is C16H24N2O2S. The first kappa shape index (κ1) is 14.9. The van der Waals surface area contributed by atoms with Crippen LogP contribution in [0.15, 0.2) is 17.0 Å². The van der Waals surface area contributed by atoms with Crippen molar-refractivity contribution in [2.75, 3.05) is 18.8 Å². The Hall–Kier alpha value is -1.07. The minimum Gasteiger partial charge on any atom is -0.399 e. The predicted molar refractivity (Wildman–Crippen MR) is 84.5 cm³/mol. The van der Waals surface area contributed by atoms with Crippen molar-refractivity contribution in [2.24, 2.45) is 11.8 Å². The lowest BCUT2D eigenvalue weighted by atomic mass is 10.1. The maximum absolute atomic E-state index is 13.1. The van der Waals surface area contributed by atoms with Crippen LogP contribution in [0.3, 0.4) is 0 Å². The fourth-order valence-corrected chi connectivity index (χ4v) is 4.97. The summed E-state index contributed by atoms with van der Waals surface area (Å²) in [5.41, 5.74) is 7.95. The van der Waals surface area contributed by atoms with E-state index in [9.17, 15) is 8.42 Å². The molecule has 0 atom stereocenters. The average molecular weight is 308 g/mol. The van der Waals surface area contributed by atoms with Crippen molar-refractivity contribution in [3.63, 3.8) is 0 Å². The van der Waals surface area contributed by atoms with Gasteiger partial charge in [-0.3, -0.25) is 0 Å². The van der Waals surface area contributed by atoms with E-state index in [1.54, 1.807) is 16.4 Å². The summed E-state index contributed by atoms with van der Waals surface area (Å²) in [6.07, 6.45) is 4.65. The van der Waals surface area contributed by atoms with E-state index in [1.807, 2.05) is 13.8 Å². The van der Waals surface area contributed by atoms with E-state index in [0.29, 0.717) is 35.5 Å². The largest absolute Gasteiger partial charge is 0.399 e. The van der Waals surface area contributed by atoms with E-state index < -0.39 is 10.0 Å². The summed E-state index contributed by atoms with van der Waals surface area (Å²) in [7, 11) is -3.41. The molecule has 0 amide bonds. The Bertz CT molecular complexity index is 609. The second kappa shape index (κ2) is 5.29. The third-order valence-corrected chi connectivity index (χ3v) is 6.54. The molecule has 21 heavy (non-hydrogen) atoms. The molecule has 0 bridgehead atoms. The number of nitrogens with zero attached hydrogens (tertiary/aromatic N) is 1. The Balaban J connectivity index is 1.95. The first-order chi connectivity index (χ1) is 9.88. The Labute approximate surface area is 127 Å². The first-order valence-corrected chi connectivity index (χ1v) is 9.19. The second-order valence-corrected chi connectivity index (χ2v) is 8.57. The molecule has 0 aliphatic heterocycles. The molecule has 116 valence electrons. The average Bonchev–Trinajstić information content (AvgIpc) is 3.20. The van der Waals surface area contributed by atoms with Crippen LogP contribution in [-0.2, 0) is 10.0 Å². The van der Waals surface area contributed by atoms with Crippen LogP contribution in [0.2, 0.25) is 0 Å². The Morgan fingerprint density at radius 2 is 1.48 bits per heavy atom. The molecular weight excluding hydrogens is 284 g/mol. The predicted octanol–water partition coefficient (Wildman–Crippen LogP) is 2.70. The number of nitrogens with two attached hydrogens (primary N) is 1. The summed E-state index contributed by atoms with van der Waals surface area (Å²) in [6, 6.07) is 3.51. The number of hydrogen-bond acceptors (Lipinski definition) is 3. The van der Waals surface area contributed by atoms with Gasteiger partial charge in [0.15, 0.2) is 0 Å². The number of hydrogen-bond donors (Lipinski definition) is 1. The van der Waals surface area contributed by atoms with Crippen molar-refractivity contribution in [2.45, 2.75) is 44.4 Å². The number of nitrogen functional groups attached to an aromatic ring is 1. The van der Waals surface area contributed by atoms with Crippen LogP contribution >= 0.6 is 0 Å². The second-order valence-electron chi connectivity index (χ2n) is 6.69. The van der Waals surface area contributed by atoms with Crippen LogP contribution in [0.5, 0.6) is 0 Å². The van der Waals surface area contributed by atoms with Gasteiger partial charge in [0, 0.05) is 18.8 Å². The molecule has 5 heteroatoms. The van der Waals surface area contributed by atoms with E-state index in [1.165, 1.54) is 0 Å². The van der Waals surface area contributed by atoms with Crippen molar-refractivity contribution in [3.05, 3.63) is 23.3 Å². The molecule has 1 aromatic carbocycles. The summed E-state index contributed by atoms with van der Waals surface area (Å²) < 4.78 is 27.9. The normalized spacial score (nSPS) is 19.2. The Morgan fingerprint density at radius 1 is 1.05 bits per heavy atom. The van der Waals surface area contributed by atoms with Crippen molar-refractivity contribution in [1.29, 1.82) is 0 Å². The molecule has 0 radical (unpaired) electrons. The van der Waals surface area contributed by atoms with Gasteiger partial charge < -0.3 is 5.73 Å². The molecule has 0 heterocycles. The van der Waals surface area contributed by atoms with Crippen LogP contribution in [0, 0.1) is 25.7 Å². The molecule has 0 saturated heterocycles. The summed E-state index contributed by atoms with van der Waals surface area (Å²) in [5.74, 6) is 1.13. The highest BCUT2D eigenvalue weighted by Crippen LogP contribution is 2.37. The number of anilines is 1. The number of rotatable bonds is 6. The highest BCUT2D eigenvalue weighted by Gasteiger charge is 2.36. The van der Waals surface area contributed by atoms with Gasteiger partial charge in [0.2, 0.25) is 10.0 Å². The monoisotopic (exact) mass is 308 g/mol. The molecule has 1 aromatic rings. The molecule has 2 N–H and O–H groups in total. The lowest BCUT2D eigenvalue weighted by Crippen LogP contribution is -2.35. The van der Waals surface area contributed by atoms with E-state index >= 15 is 0 Å². The first-order valence-electron chi connectivity index (χ1n) is 7.75. The molecule has 0 unspecified atom stereocenters. The van der Waals surface area contributed by atoms with E-state index in [0.717, 1.165) is 36.8 Å². The molecule has 2 aliphatic rings. The van der Waals surface area contributed by atoms with Crippen molar-refractivity contribution in [1.82, 2.24) is 4.31 Å². The standard InChI is InChI=1S/C16H24N2O2S/c1-11-7-15(17)8-12(2)16(11)21(19,20)18(9-13-3-4-13)10-14-5-6-14/h7-8,13-14H,3-6,9-10,17H2,1-2H3. The van der Waals surface area contributed by atoms with Crippen LogP contribution in [0.25, 0.3) is 0 Å². The molecule has 0 spiro atoms. The van der Waals surface area contributed by atoms with Gasteiger partial charge in [-0.2, -0.15) is 4.31 Å². The van der Waals surface area contributed by atoms with E-state index in [4.69, 9.17) is 5.73 Å². The van der Waals surface area contributed by atoms with E-state index in [-0.39, 0.29) is 0 Å². The smallest absolute Gasteiger partial charge is 0.243 e. The Kier molecular flexibility index (Phi) is 3.74. The Morgan fingerprint density at radius 3 is 1.86 bits per heavy atom. The number of benzene rings is 1. The maximum Gasteiger partial charge on any atom is 0.243 e. The van der Waals surface area contributed by atoms with Gasteiger partial charge in [-0.15, -0.1) is 0 Å². The van der Waals surface area contributed by atoms with Gasteiger partial charge in [-0.25, -0.2) is 8.42 Å². The molecule has 2 fully saturated rings. The number of sulfonamides is 1. The minimum atomic E-state index is -3.41. The molecule has 2 saturated carbocycles. The minimum absolute atomic E-state index is 0.456. The summed E-state index contributed by atoms with van der Waals surface area (Å²) in [4.78, 5) is 0.456. The van der Waals surface area contributed by atoms with Crippen LogP contribution in [-0.4, -0.2) is 25.8 Å². The topological polar surface area (TPSA) is 63.4 Å². The van der Waals surface area contributed by atoms with E-state index in [2.05, 4.69) is 0 Å². The summed E-state index contributed by atoms with van der Waals surface area (Å²) in [6.45, 7) is 5.04. The highest BCUT2D eigenvalue weighted by molar-refractivity contribution is 7.89. The number of aryl methyl sites for hydroxylation is 2. The molecule has 2 aliphatic carbocycles. The summed E-state index contributed by atoms with van der Waals surface area (Å²) >= 11 is 0. The van der Waals surface area contributed by atoms with Crippen molar-refractivity contribution < 1.29 is 8.42 Å². The SMILES string of the molecule is Cc1cc(N)cc(C)c1S(=O)(=O)N(CC1CC1)CC1CC1. The van der Waals surface area contributed by atoms with Crippen LogP contribution < -0.4 is 5.73 Å². The maximum atomic E-state index is 13.1. The van der Waals surface area contributed by atoms with Gasteiger partial charge in [0.25, 0.3) is 0 Å².